The fourth-order valence-electron chi connectivity index (χ4n) is 2.59. The monoisotopic (exact) mass is 201 g/mol. The number of rotatable bonds is 4. The highest BCUT2D eigenvalue weighted by Crippen LogP contribution is 2.32. The lowest BCUT2D eigenvalue weighted by molar-refractivity contribution is -0.819. The van der Waals surface area contributed by atoms with Crippen LogP contribution in [0.15, 0.2) is 0 Å². The topological polar surface area (TPSA) is 32.7 Å². The van der Waals surface area contributed by atoms with E-state index in [1.807, 2.05) is 0 Å². The molecule has 82 valence electrons. The number of piperazine rings is 1. The molecule has 2 aliphatic rings. The van der Waals surface area contributed by atoms with E-state index in [0.29, 0.717) is 6.61 Å². The van der Waals surface area contributed by atoms with Crippen LogP contribution in [0.2, 0.25) is 0 Å². The molecule has 0 aromatic carbocycles. The molecule has 1 N–H and O–H groups in total. The molecule has 4 nitrogen and oxygen atoms in total. The van der Waals surface area contributed by atoms with Gasteiger partial charge in [0, 0.05) is 26.7 Å². The van der Waals surface area contributed by atoms with Gasteiger partial charge in [-0.05, 0) is 0 Å². The minimum Gasteiger partial charge on any atom is -0.395 e. The Morgan fingerprint density at radius 1 is 1.43 bits per heavy atom. The van der Waals surface area contributed by atoms with Crippen molar-refractivity contribution in [1.82, 2.24) is 4.90 Å². The molecule has 1 atom stereocenters. The van der Waals surface area contributed by atoms with E-state index in [1.54, 1.807) is 7.11 Å². The maximum absolute atomic E-state index is 8.83. The van der Waals surface area contributed by atoms with Crippen molar-refractivity contribution in [3.8, 4) is 0 Å². The van der Waals surface area contributed by atoms with E-state index < -0.39 is 0 Å². The first-order valence-corrected chi connectivity index (χ1v) is 5.49. The molecule has 14 heavy (non-hydrogen) atoms. The summed E-state index contributed by atoms with van der Waals surface area (Å²) >= 11 is 0. The van der Waals surface area contributed by atoms with E-state index in [1.165, 1.54) is 24.1 Å². The molecule has 1 spiro atoms. The molecule has 0 aromatic rings. The van der Waals surface area contributed by atoms with E-state index in [2.05, 4.69) is 4.90 Å². The first-order chi connectivity index (χ1) is 6.80. The first kappa shape index (κ1) is 10.4. The Morgan fingerprint density at radius 3 is 2.71 bits per heavy atom. The van der Waals surface area contributed by atoms with E-state index >= 15 is 0 Å². The quantitative estimate of drug-likeness (QED) is 0.474. The Hall–Kier alpha value is -0.160. The van der Waals surface area contributed by atoms with Gasteiger partial charge in [-0.3, -0.25) is 4.90 Å². The summed E-state index contributed by atoms with van der Waals surface area (Å²) in [4.78, 5) is 2.35. The first-order valence-electron chi connectivity index (χ1n) is 5.49. The van der Waals surface area contributed by atoms with Crippen molar-refractivity contribution in [2.24, 2.45) is 0 Å². The molecule has 2 heterocycles. The third-order valence-corrected chi connectivity index (χ3v) is 3.71. The number of aliphatic hydroxyl groups is 1. The molecule has 2 fully saturated rings. The van der Waals surface area contributed by atoms with Crippen molar-refractivity contribution in [3.05, 3.63) is 0 Å². The lowest BCUT2D eigenvalue weighted by Crippen LogP contribution is -2.50. The smallest absolute Gasteiger partial charge is 0.162 e. The van der Waals surface area contributed by atoms with Gasteiger partial charge in [0.15, 0.2) is 6.04 Å². The largest absolute Gasteiger partial charge is 0.395 e. The van der Waals surface area contributed by atoms with Gasteiger partial charge in [-0.1, -0.05) is 0 Å². The fraction of sp³-hybridized carbons (Fsp3) is 1.00. The molecule has 0 bridgehead atoms. The number of aliphatic hydroxyl groups excluding tert-OH is 1. The molecular weight excluding hydrogens is 180 g/mol. The lowest BCUT2D eigenvalue weighted by atomic mass is 10.3. The van der Waals surface area contributed by atoms with Crippen LogP contribution in [0.5, 0.6) is 0 Å². The highest BCUT2D eigenvalue weighted by Gasteiger charge is 2.55. The summed E-state index contributed by atoms with van der Waals surface area (Å²) in [5.41, 5.74) is 0. The van der Waals surface area contributed by atoms with Crippen molar-refractivity contribution < 1.29 is 14.3 Å². The van der Waals surface area contributed by atoms with Gasteiger partial charge in [0.25, 0.3) is 0 Å². The summed E-state index contributed by atoms with van der Waals surface area (Å²) in [7, 11) is 1.79. The Bertz CT molecular complexity index is 191. The van der Waals surface area contributed by atoms with Gasteiger partial charge < -0.3 is 14.3 Å². The minimum atomic E-state index is 0.293. The zero-order valence-corrected chi connectivity index (χ0v) is 8.98. The van der Waals surface area contributed by atoms with Crippen LogP contribution in [0.4, 0.5) is 0 Å². The fourth-order valence-corrected chi connectivity index (χ4v) is 2.59. The average Bonchev–Trinajstić information content (AvgIpc) is 2.85. The summed E-state index contributed by atoms with van der Waals surface area (Å²) < 4.78 is 6.47. The highest BCUT2D eigenvalue weighted by atomic mass is 16.5. The summed E-state index contributed by atoms with van der Waals surface area (Å²) in [6.07, 6.45) is 0. The minimum absolute atomic E-state index is 0.293. The van der Waals surface area contributed by atoms with Gasteiger partial charge in [-0.15, -0.1) is 0 Å². The van der Waals surface area contributed by atoms with Crippen molar-refractivity contribution in [1.29, 1.82) is 0 Å². The molecule has 2 aliphatic heterocycles. The summed E-state index contributed by atoms with van der Waals surface area (Å²) in [5, 5.41) is 8.83. The van der Waals surface area contributed by atoms with Crippen molar-refractivity contribution in [2.45, 2.75) is 6.04 Å². The molecular formula is C10H21N2O2+. The van der Waals surface area contributed by atoms with Crippen LogP contribution < -0.4 is 0 Å². The zero-order valence-electron chi connectivity index (χ0n) is 8.98. The molecule has 0 amide bonds. The van der Waals surface area contributed by atoms with Gasteiger partial charge in [0.05, 0.1) is 19.7 Å². The second-order valence-electron chi connectivity index (χ2n) is 4.52. The maximum atomic E-state index is 8.83. The number of hydrogen-bond donors (Lipinski definition) is 1. The van der Waals surface area contributed by atoms with Crippen LogP contribution >= 0.6 is 0 Å². The third-order valence-electron chi connectivity index (χ3n) is 3.71. The highest BCUT2D eigenvalue weighted by molar-refractivity contribution is 4.79. The number of ether oxygens (including phenoxy) is 1. The van der Waals surface area contributed by atoms with Crippen LogP contribution in [-0.4, -0.2) is 80.1 Å². The van der Waals surface area contributed by atoms with E-state index in [4.69, 9.17) is 9.84 Å². The van der Waals surface area contributed by atoms with Crippen LogP contribution in [-0.2, 0) is 4.74 Å². The number of methoxy groups -OCH3 is 1. The van der Waals surface area contributed by atoms with Crippen molar-refractivity contribution >= 4 is 0 Å². The number of quaternary nitrogens is 1. The second-order valence-corrected chi connectivity index (χ2v) is 4.52. The summed E-state index contributed by atoms with van der Waals surface area (Å²) in [6, 6.07) is 0.760. The van der Waals surface area contributed by atoms with Crippen LogP contribution in [0.3, 0.4) is 0 Å². The van der Waals surface area contributed by atoms with Crippen molar-refractivity contribution in [2.75, 3.05) is 59.6 Å². The lowest BCUT2D eigenvalue weighted by Gasteiger charge is -2.33. The molecule has 1 unspecified atom stereocenters. The number of nitrogens with zero attached hydrogens (tertiary/aromatic N) is 2. The van der Waals surface area contributed by atoms with Crippen LogP contribution in [0.25, 0.3) is 0 Å². The van der Waals surface area contributed by atoms with Gasteiger partial charge in [0.1, 0.15) is 13.2 Å². The Labute approximate surface area is 85.6 Å². The normalized spacial score (nSPS) is 30.9. The molecule has 4 heteroatoms. The SMILES string of the molecule is COCC1C[N+]12CCN(CCO)CC2. The Kier molecular flexibility index (Phi) is 3.07. The van der Waals surface area contributed by atoms with Crippen LogP contribution in [0.1, 0.15) is 0 Å². The summed E-state index contributed by atoms with van der Waals surface area (Å²) in [5.74, 6) is 0. The molecule has 0 saturated carbocycles. The zero-order chi connectivity index (χ0) is 10.0. The third kappa shape index (κ3) is 1.93. The second kappa shape index (κ2) is 4.14. The Balaban J connectivity index is 1.74. The van der Waals surface area contributed by atoms with Gasteiger partial charge in [-0.2, -0.15) is 0 Å². The summed E-state index contributed by atoms with van der Waals surface area (Å²) in [6.45, 7) is 8.13. The van der Waals surface area contributed by atoms with Crippen molar-refractivity contribution in [3.63, 3.8) is 0 Å². The van der Waals surface area contributed by atoms with Gasteiger partial charge in [-0.25, -0.2) is 0 Å². The van der Waals surface area contributed by atoms with Gasteiger partial charge in [0.2, 0.25) is 0 Å². The molecule has 2 saturated heterocycles. The molecule has 0 radical (unpaired) electrons. The maximum Gasteiger partial charge on any atom is 0.162 e. The Morgan fingerprint density at radius 2 is 2.14 bits per heavy atom. The molecule has 0 aliphatic carbocycles. The predicted octanol–water partition coefficient (Wildman–Crippen LogP) is -0.860. The average molecular weight is 201 g/mol. The molecule has 2 rings (SSSR count). The standard InChI is InChI=1S/C10H21N2O2/c1-14-9-10-8-12(10)5-2-11(3-6-12)4-7-13/h10,13H,2-9H2,1H3/q+1. The molecule has 0 aromatic heterocycles. The van der Waals surface area contributed by atoms with E-state index in [0.717, 1.165) is 32.3 Å². The van der Waals surface area contributed by atoms with Crippen LogP contribution in [0, 0.1) is 0 Å². The number of hydrogen-bond acceptors (Lipinski definition) is 3. The number of β-amino-alcohol motifs (C(OH)–C–C–N with tert-alkyl or cyclic N) is 1. The van der Waals surface area contributed by atoms with E-state index in [9.17, 15) is 0 Å². The predicted molar refractivity (Wildman–Crippen MR) is 54.1 cm³/mol. The van der Waals surface area contributed by atoms with Gasteiger partial charge >= 0.3 is 0 Å². The van der Waals surface area contributed by atoms with E-state index in [-0.39, 0.29) is 0 Å².